The Morgan fingerprint density at radius 1 is 1.04 bits per heavy atom. The maximum absolute atomic E-state index is 13.1. The largest absolute Gasteiger partial charge is 0.360 e. The van der Waals surface area contributed by atoms with Gasteiger partial charge in [0, 0.05) is 34.9 Å². The summed E-state index contributed by atoms with van der Waals surface area (Å²) in [7, 11) is 0. The predicted octanol–water partition coefficient (Wildman–Crippen LogP) is 2.14. The molecule has 5 heteroatoms. The SMILES string of the molecule is N#CCCn1cc(C(=O)C[NH+]2CCN(c3ccccc3)CC2)c2ccccc21. The normalized spacial score (nSPS) is 14.9. The summed E-state index contributed by atoms with van der Waals surface area (Å²) >= 11 is 0. The van der Waals surface area contributed by atoms with E-state index in [1.807, 2.05) is 41.1 Å². The summed E-state index contributed by atoms with van der Waals surface area (Å²) in [5.74, 6) is 0.190. The molecule has 0 atom stereocenters. The Morgan fingerprint density at radius 2 is 1.75 bits per heavy atom. The van der Waals surface area contributed by atoms with E-state index in [-0.39, 0.29) is 5.78 Å². The highest BCUT2D eigenvalue weighted by Gasteiger charge is 2.24. The van der Waals surface area contributed by atoms with Crippen molar-refractivity contribution in [2.75, 3.05) is 37.6 Å². The van der Waals surface area contributed by atoms with Gasteiger partial charge in [0.15, 0.2) is 0 Å². The van der Waals surface area contributed by atoms with Gasteiger partial charge in [0.1, 0.15) is 6.54 Å². The second-order valence-corrected chi connectivity index (χ2v) is 7.33. The lowest BCUT2D eigenvalue weighted by Gasteiger charge is -2.33. The number of aryl methyl sites for hydroxylation is 1. The van der Waals surface area contributed by atoms with Crippen LogP contribution in [0.4, 0.5) is 5.69 Å². The number of fused-ring (bicyclic) bond motifs is 1. The lowest BCUT2D eigenvalue weighted by Crippen LogP contribution is -3.15. The van der Waals surface area contributed by atoms with Gasteiger partial charge >= 0.3 is 0 Å². The Kier molecular flexibility index (Phi) is 5.41. The first-order chi connectivity index (χ1) is 13.8. The number of carbonyl (C=O) groups excluding carboxylic acids is 1. The molecule has 1 aliphatic heterocycles. The van der Waals surface area contributed by atoms with Crippen LogP contribution >= 0.6 is 0 Å². The number of carbonyl (C=O) groups is 1. The van der Waals surface area contributed by atoms with Crippen molar-refractivity contribution in [3.63, 3.8) is 0 Å². The molecule has 1 saturated heterocycles. The quantitative estimate of drug-likeness (QED) is 0.674. The van der Waals surface area contributed by atoms with Crippen LogP contribution in [0.1, 0.15) is 16.8 Å². The zero-order valence-electron chi connectivity index (χ0n) is 16.0. The number of quaternary nitrogens is 1. The molecule has 0 radical (unpaired) electrons. The summed E-state index contributed by atoms with van der Waals surface area (Å²) in [6, 6.07) is 20.6. The summed E-state index contributed by atoms with van der Waals surface area (Å²) in [5, 5.41) is 9.89. The average molecular weight is 373 g/mol. The third-order valence-electron chi connectivity index (χ3n) is 5.56. The highest BCUT2D eigenvalue weighted by atomic mass is 16.1. The number of nitrogens with zero attached hydrogens (tertiary/aromatic N) is 3. The van der Waals surface area contributed by atoms with Gasteiger partial charge in [-0.05, 0) is 18.2 Å². The molecule has 0 bridgehead atoms. The number of benzene rings is 2. The lowest BCUT2D eigenvalue weighted by molar-refractivity contribution is -0.892. The van der Waals surface area contributed by atoms with E-state index < -0.39 is 0 Å². The Hall–Kier alpha value is -3.10. The second kappa shape index (κ2) is 8.28. The first-order valence-corrected chi connectivity index (χ1v) is 9.88. The molecule has 1 aromatic heterocycles. The van der Waals surface area contributed by atoms with Gasteiger partial charge in [-0.15, -0.1) is 0 Å². The van der Waals surface area contributed by atoms with Crippen molar-refractivity contribution in [1.82, 2.24) is 4.57 Å². The number of nitrogens with one attached hydrogen (secondary N) is 1. The van der Waals surface area contributed by atoms with Gasteiger partial charge in [0.2, 0.25) is 5.78 Å². The molecule has 1 aliphatic rings. The number of ketones is 1. The zero-order chi connectivity index (χ0) is 19.3. The van der Waals surface area contributed by atoms with Crippen LogP contribution in [0.3, 0.4) is 0 Å². The molecule has 5 nitrogen and oxygen atoms in total. The number of para-hydroxylation sites is 2. The summed E-state index contributed by atoms with van der Waals surface area (Å²) in [6.45, 7) is 5.01. The van der Waals surface area contributed by atoms with Crippen LogP contribution in [0.15, 0.2) is 60.8 Å². The molecule has 1 N–H and O–H groups in total. The van der Waals surface area contributed by atoms with Crippen LogP contribution in [-0.4, -0.2) is 43.1 Å². The van der Waals surface area contributed by atoms with Crippen molar-refractivity contribution in [2.24, 2.45) is 0 Å². The van der Waals surface area contributed by atoms with E-state index in [1.165, 1.54) is 10.6 Å². The Labute approximate surface area is 165 Å². The number of hydrogen-bond donors (Lipinski definition) is 1. The monoisotopic (exact) mass is 373 g/mol. The van der Waals surface area contributed by atoms with Gasteiger partial charge < -0.3 is 14.4 Å². The fraction of sp³-hybridized carbons (Fsp3) is 0.304. The minimum absolute atomic E-state index is 0.190. The number of hydrogen-bond acceptors (Lipinski definition) is 3. The van der Waals surface area contributed by atoms with Crippen molar-refractivity contribution in [1.29, 1.82) is 5.26 Å². The number of aromatic nitrogens is 1. The van der Waals surface area contributed by atoms with Crippen LogP contribution in [0, 0.1) is 11.3 Å². The molecule has 0 amide bonds. The number of piperazine rings is 1. The van der Waals surface area contributed by atoms with Gasteiger partial charge in [-0.3, -0.25) is 4.79 Å². The molecule has 1 fully saturated rings. The van der Waals surface area contributed by atoms with Crippen molar-refractivity contribution in [2.45, 2.75) is 13.0 Å². The summed E-state index contributed by atoms with van der Waals surface area (Å²) in [6.07, 6.45) is 2.38. The van der Waals surface area contributed by atoms with Gasteiger partial charge in [-0.1, -0.05) is 36.4 Å². The fourth-order valence-electron chi connectivity index (χ4n) is 4.04. The number of Topliss-reactive ketones (excluding diaryl/α,β-unsaturated/α-hetero) is 1. The van der Waals surface area contributed by atoms with Crippen LogP contribution in [0.25, 0.3) is 10.9 Å². The molecule has 2 aromatic carbocycles. The van der Waals surface area contributed by atoms with Crippen molar-refractivity contribution in [3.8, 4) is 6.07 Å². The molecule has 142 valence electrons. The lowest BCUT2D eigenvalue weighted by atomic mass is 10.1. The molecular weight excluding hydrogens is 348 g/mol. The third-order valence-corrected chi connectivity index (χ3v) is 5.56. The van der Waals surface area contributed by atoms with Crippen molar-refractivity contribution < 1.29 is 9.69 Å². The smallest absolute Gasteiger partial charge is 0.219 e. The fourth-order valence-corrected chi connectivity index (χ4v) is 4.04. The van der Waals surface area contributed by atoms with E-state index in [2.05, 4.69) is 35.2 Å². The molecule has 3 aromatic rings. The van der Waals surface area contributed by atoms with E-state index in [0.717, 1.165) is 42.6 Å². The van der Waals surface area contributed by atoms with E-state index in [0.29, 0.717) is 19.5 Å². The Morgan fingerprint density at radius 3 is 2.50 bits per heavy atom. The maximum Gasteiger partial charge on any atom is 0.219 e. The van der Waals surface area contributed by atoms with E-state index in [4.69, 9.17) is 5.26 Å². The molecule has 2 heterocycles. The highest BCUT2D eigenvalue weighted by molar-refractivity contribution is 6.08. The van der Waals surface area contributed by atoms with Crippen LogP contribution in [0.5, 0.6) is 0 Å². The third kappa shape index (κ3) is 3.78. The summed E-state index contributed by atoms with van der Waals surface area (Å²) in [5.41, 5.74) is 3.07. The minimum atomic E-state index is 0.190. The number of rotatable bonds is 6. The predicted molar refractivity (Wildman–Crippen MR) is 111 cm³/mol. The minimum Gasteiger partial charge on any atom is -0.360 e. The molecule has 0 spiro atoms. The molecule has 0 saturated carbocycles. The van der Waals surface area contributed by atoms with Crippen molar-refractivity contribution in [3.05, 3.63) is 66.4 Å². The second-order valence-electron chi connectivity index (χ2n) is 7.33. The first-order valence-electron chi connectivity index (χ1n) is 9.88. The van der Waals surface area contributed by atoms with E-state index in [1.54, 1.807) is 0 Å². The van der Waals surface area contributed by atoms with Gasteiger partial charge in [0.05, 0.1) is 38.7 Å². The number of nitriles is 1. The van der Waals surface area contributed by atoms with Crippen LogP contribution < -0.4 is 9.80 Å². The van der Waals surface area contributed by atoms with Gasteiger partial charge in [-0.2, -0.15) is 5.26 Å². The first kappa shape index (κ1) is 18.3. The highest BCUT2D eigenvalue weighted by Crippen LogP contribution is 2.22. The van der Waals surface area contributed by atoms with E-state index >= 15 is 0 Å². The number of anilines is 1. The topological polar surface area (TPSA) is 53.5 Å². The van der Waals surface area contributed by atoms with Crippen LogP contribution in [0.2, 0.25) is 0 Å². The van der Waals surface area contributed by atoms with Crippen molar-refractivity contribution >= 4 is 22.4 Å². The molecule has 4 rings (SSSR count). The molecule has 28 heavy (non-hydrogen) atoms. The Bertz CT molecular complexity index is 994. The van der Waals surface area contributed by atoms with Crippen LogP contribution in [-0.2, 0) is 6.54 Å². The van der Waals surface area contributed by atoms with Gasteiger partial charge in [-0.25, -0.2) is 0 Å². The zero-order valence-corrected chi connectivity index (χ0v) is 16.0. The van der Waals surface area contributed by atoms with E-state index in [9.17, 15) is 4.79 Å². The molecular formula is C23H25N4O+. The molecule has 0 unspecified atom stereocenters. The average Bonchev–Trinajstić information content (AvgIpc) is 3.12. The maximum atomic E-state index is 13.1. The molecule has 0 aliphatic carbocycles. The Balaban J connectivity index is 1.44. The summed E-state index contributed by atoms with van der Waals surface area (Å²) in [4.78, 5) is 16.8. The summed E-state index contributed by atoms with van der Waals surface area (Å²) < 4.78 is 2.04. The standard InChI is InChI=1S/C23H24N4O/c24-11-6-12-27-17-21(20-9-4-5-10-22(20)27)23(28)18-25-13-15-26(16-14-25)19-7-2-1-3-8-19/h1-5,7-10,17H,6,12-16,18H2/p+1. The van der Waals surface area contributed by atoms with Gasteiger partial charge in [0.25, 0.3) is 0 Å².